The quantitative estimate of drug-likeness (QED) is 0.581. The van der Waals surface area contributed by atoms with E-state index < -0.39 is 5.82 Å². The zero-order chi connectivity index (χ0) is 20.1. The summed E-state index contributed by atoms with van der Waals surface area (Å²) >= 11 is 1.21. The molecule has 1 N–H and O–H groups in total. The van der Waals surface area contributed by atoms with Crippen molar-refractivity contribution in [2.45, 2.75) is 25.5 Å². The molecule has 0 aliphatic carbocycles. The van der Waals surface area contributed by atoms with Gasteiger partial charge in [0.15, 0.2) is 11.0 Å². The molecule has 2 heterocycles. The van der Waals surface area contributed by atoms with E-state index in [4.69, 9.17) is 4.74 Å². The van der Waals surface area contributed by atoms with Crippen molar-refractivity contribution in [2.75, 3.05) is 17.7 Å². The van der Waals surface area contributed by atoms with Gasteiger partial charge >= 0.3 is 0 Å². The Morgan fingerprint density at radius 1 is 1.29 bits per heavy atom. The standard InChI is InChI=1S/C18H21FN6O2S/c1-4-25-10-12(17(23-25)27-5-2)16-21-22-18(24(16)3)28-11-15(26)20-14-9-7-6-8-13(14)19/h6-10H,4-5,11H2,1-3H3,(H,20,26). The van der Waals surface area contributed by atoms with Gasteiger partial charge in [0.05, 0.1) is 18.0 Å². The van der Waals surface area contributed by atoms with Gasteiger partial charge in [-0.3, -0.25) is 9.48 Å². The van der Waals surface area contributed by atoms with Crippen LogP contribution in [0.1, 0.15) is 13.8 Å². The lowest BCUT2D eigenvalue weighted by Crippen LogP contribution is -2.15. The van der Waals surface area contributed by atoms with Crippen LogP contribution in [0.3, 0.4) is 0 Å². The molecule has 0 spiro atoms. The molecule has 0 atom stereocenters. The number of amides is 1. The van der Waals surface area contributed by atoms with E-state index in [1.165, 1.54) is 23.9 Å². The minimum Gasteiger partial charge on any atom is -0.476 e. The maximum Gasteiger partial charge on any atom is 0.243 e. The Morgan fingerprint density at radius 3 is 2.79 bits per heavy atom. The van der Waals surface area contributed by atoms with Gasteiger partial charge in [0.25, 0.3) is 0 Å². The largest absolute Gasteiger partial charge is 0.476 e. The number of carbonyl (C=O) groups is 1. The molecule has 3 rings (SSSR count). The number of thioether (sulfide) groups is 1. The lowest BCUT2D eigenvalue weighted by Gasteiger charge is -2.06. The lowest BCUT2D eigenvalue weighted by molar-refractivity contribution is -0.113. The first-order valence-corrected chi connectivity index (χ1v) is 9.79. The van der Waals surface area contributed by atoms with Crippen molar-refractivity contribution in [3.05, 3.63) is 36.3 Å². The van der Waals surface area contributed by atoms with E-state index in [-0.39, 0.29) is 17.3 Å². The van der Waals surface area contributed by atoms with Crippen molar-refractivity contribution in [1.29, 1.82) is 0 Å². The molecule has 1 aromatic carbocycles. The monoisotopic (exact) mass is 404 g/mol. The van der Waals surface area contributed by atoms with Crippen LogP contribution in [-0.2, 0) is 18.4 Å². The van der Waals surface area contributed by atoms with Gasteiger partial charge in [0.1, 0.15) is 11.4 Å². The number of carbonyl (C=O) groups excluding carboxylic acids is 1. The fraction of sp³-hybridized carbons (Fsp3) is 0.333. The predicted molar refractivity (Wildman–Crippen MR) is 105 cm³/mol. The number of aryl methyl sites for hydroxylation is 1. The first-order chi connectivity index (χ1) is 13.5. The number of anilines is 1. The summed E-state index contributed by atoms with van der Waals surface area (Å²) in [5.74, 6) is 0.368. The summed E-state index contributed by atoms with van der Waals surface area (Å²) in [6, 6.07) is 6.04. The number of ether oxygens (including phenoxy) is 1. The summed E-state index contributed by atoms with van der Waals surface area (Å²) in [4.78, 5) is 12.1. The normalized spacial score (nSPS) is 10.9. The number of hydrogen-bond acceptors (Lipinski definition) is 6. The Bertz CT molecular complexity index is 971. The zero-order valence-corrected chi connectivity index (χ0v) is 16.7. The van der Waals surface area contributed by atoms with Crippen LogP contribution in [0.25, 0.3) is 11.4 Å². The second-order valence-corrected chi connectivity index (χ2v) is 6.76. The van der Waals surface area contributed by atoms with Gasteiger partial charge in [-0.25, -0.2) is 4.39 Å². The highest BCUT2D eigenvalue weighted by atomic mass is 32.2. The summed E-state index contributed by atoms with van der Waals surface area (Å²) < 4.78 is 22.8. The predicted octanol–water partition coefficient (Wildman–Crippen LogP) is 2.97. The number of nitrogens with one attached hydrogen (secondary N) is 1. The van der Waals surface area contributed by atoms with E-state index in [1.54, 1.807) is 21.4 Å². The van der Waals surface area contributed by atoms with E-state index in [0.717, 1.165) is 5.56 Å². The number of hydrogen-bond donors (Lipinski definition) is 1. The molecular weight excluding hydrogens is 383 g/mol. The fourth-order valence-corrected chi connectivity index (χ4v) is 3.23. The molecule has 2 aromatic heterocycles. The van der Waals surface area contributed by atoms with Gasteiger partial charge in [0.2, 0.25) is 11.8 Å². The number of aromatic nitrogens is 5. The van der Waals surface area contributed by atoms with Crippen LogP contribution in [0, 0.1) is 5.82 Å². The van der Waals surface area contributed by atoms with Crippen LogP contribution >= 0.6 is 11.8 Å². The summed E-state index contributed by atoms with van der Waals surface area (Å²) in [5, 5.41) is 15.9. The third-order valence-electron chi connectivity index (χ3n) is 3.89. The average Bonchev–Trinajstić information content (AvgIpc) is 3.25. The summed E-state index contributed by atoms with van der Waals surface area (Å²) in [7, 11) is 1.81. The molecule has 0 radical (unpaired) electrons. The Balaban J connectivity index is 1.71. The second kappa shape index (κ2) is 8.87. The summed E-state index contributed by atoms with van der Waals surface area (Å²) in [6.07, 6.45) is 1.86. The van der Waals surface area contributed by atoms with Crippen LogP contribution in [0.2, 0.25) is 0 Å². The van der Waals surface area contributed by atoms with E-state index in [9.17, 15) is 9.18 Å². The molecule has 8 nitrogen and oxygen atoms in total. The average molecular weight is 404 g/mol. The van der Waals surface area contributed by atoms with Crippen LogP contribution in [0.5, 0.6) is 5.88 Å². The van der Waals surface area contributed by atoms with Gasteiger partial charge in [0, 0.05) is 19.8 Å². The summed E-state index contributed by atoms with van der Waals surface area (Å²) in [6.45, 7) is 5.07. The molecular formula is C18H21FN6O2S. The number of rotatable bonds is 8. The van der Waals surface area contributed by atoms with E-state index in [1.807, 2.05) is 27.1 Å². The molecule has 0 aliphatic heterocycles. The smallest absolute Gasteiger partial charge is 0.243 e. The number of nitrogens with zero attached hydrogens (tertiary/aromatic N) is 5. The molecule has 0 saturated heterocycles. The molecule has 0 bridgehead atoms. The van der Waals surface area contributed by atoms with Crippen LogP contribution in [-0.4, -0.2) is 42.8 Å². The van der Waals surface area contributed by atoms with Crippen molar-refractivity contribution in [1.82, 2.24) is 24.5 Å². The van der Waals surface area contributed by atoms with Crippen LogP contribution in [0.15, 0.2) is 35.6 Å². The molecule has 148 valence electrons. The van der Waals surface area contributed by atoms with E-state index in [2.05, 4.69) is 20.6 Å². The number of benzene rings is 1. The molecule has 0 unspecified atom stereocenters. The van der Waals surface area contributed by atoms with Crippen molar-refractivity contribution < 1.29 is 13.9 Å². The molecule has 28 heavy (non-hydrogen) atoms. The number of para-hydroxylation sites is 1. The minimum absolute atomic E-state index is 0.0762. The highest BCUT2D eigenvalue weighted by molar-refractivity contribution is 7.99. The van der Waals surface area contributed by atoms with Gasteiger partial charge < -0.3 is 14.6 Å². The van der Waals surface area contributed by atoms with Crippen molar-refractivity contribution >= 4 is 23.4 Å². The van der Waals surface area contributed by atoms with Gasteiger partial charge in [-0.2, -0.15) is 0 Å². The Labute approximate surface area is 166 Å². The molecule has 0 fully saturated rings. The Hall–Kier alpha value is -2.88. The zero-order valence-electron chi connectivity index (χ0n) is 15.8. The highest BCUT2D eigenvalue weighted by Gasteiger charge is 2.19. The van der Waals surface area contributed by atoms with Crippen molar-refractivity contribution in [3.63, 3.8) is 0 Å². The van der Waals surface area contributed by atoms with Gasteiger partial charge in [-0.15, -0.1) is 15.3 Å². The first-order valence-electron chi connectivity index (χ1n) is 8.80. The summed E-state index contributed by atoms with van der Waals surface area (Å²) in [5.41, 5.74) is 0.890. The SMILES string of the molecule is CCOc1nn(CC)cc1-c1nnc(SCC(=O)Nc2ccccc2F)n1C. The van der Waals surface area contributed by atoms with Gasteiger partial charge in [-0.1, -0.05) is 23.9 Å². The van der Waals surface area contributed by atoms with Gasteiger partial charge in [-0.05, 0) is 26.0 Å². The number of halogens is 1. The minimum atomic E-state index is -0.474. The van der Waals surface area contributed by atoms with Crippen molar-refractivity contribution in [3.8, 4) is 17.3 Å². The van der Waals surface area contributed by atoms with E-state index >= 15 is 0 Å². The third kappa shape index (κ3) is 4.33. The molecule has 10 heteroatoms. The fourth-order valence-electron chi connectivity index (χ4n) is 2.52. The molecule has 1 amide bonds. The highest BCUT2D eigenvalue weighted by Crippen LogP contribution is 2.29. The second-order valence-electron chi connectivity index (χ2n) is 5.82. The van der Waals surface area contributed by atoms with E-state index in [0.29, 0.717) is 30.0 Å². The molecule has 3 aromatic rings. The van der Waals surface area contributed by atoms with Crippen LogP contribution < -0.4 is 10.1 Å². The maximum absolute atomic E-state index is 13.6. The maximum atomic E-state index is 13.6. The van der Waals surface area contributed by atoms with Crippen molar-refractivity contribution in [2.24, 2.45) is 7.05 Å². The third-order valence-corrected chi connectivity index (χ3v) is 4.91. The first kappa shape index (κ1) is 19.9. The Kier molecular flexibility index (Phi) is 6.30. The molecule has 0 saturated carbocycles. The topological polar surface area (TPSA) is 86.9 Å². The lowest BCUT2D eigenvalue weighted by atomic mass is 10.3. The Morgan fingerprint density at radius 2 is 2.07 bits per heavy atom. The van der Waals surface area contributed by atoms with Crippen LogP contribution in [0.4, 0.5) is 10.1 Å². The molecule has 0 aliphatic rings.